The first-order valence-corrected chi connectivity index (χ1v) is 7.16. The van der Waals surface area contributed by atoms with Crippen LogP contribution >= 0.6 is 0 Å². The maximum absolute atomic E-state index is 3.09. The molecule has 0 amide bonds. The van der Waals surface area contributed by atoms with E-state index < -0.39 is 0 Å². The third-order valence-corrected chi connectivity index (χ3v) is 2.25. The van der Waals surface area contributed by atoms with Gasteiger partial charge in [-0.2, -0.15) is 99.5 Å². The van der Waals surface area contributed by atoms with Gasteiger partial charge in [0.25, 0.3) is 0 Å². The third-order valence-electron chi connectivity index (χ3n) is 2.25. The normalized spacial score (nSPS) is 8.00. The van der Waals surface area contributed by atoms with Gasteiger partial charge >= 0.3 is 39.0 Å². The molecule has 0 fully saturated rings. The molecule has 0 aromatic heterocycles. The molecule has 0 unspecified atom stereocenters. The first-order valence-electron chi connectivity index (χ1n) is 7.16. The fraction of sp³-hybridized carbons (Fsp3) is 0.300. The Kier molecular flexibility index (Phi) is 25.0. The fourth-order valence-electron chi connectivity index (χ4n) is 1.46. The third kappa shape index (κ3) is 16.1. The van der Waals surface area contributed by atoms with Crippen LogP contribution in [0.1, 0.15) is 38.8 Å². The van der Waals surface area contributed by atoms with Crippen molar-refractivity contribution in [3.05, 3.63) is 84.6 Å². The molecular formula is C20H26Zn2. The second kappa shape index (κ2) is 20.7. The van der Waals surface area contributed by atoms with E-state index in [0.717, 1.165) is 12.8 Å². The molecule has 2 aromatic carbocycles. The van der Waals surface area contributed by atoms with Crippen LogP contribution in [-0.4, -0.2) is 0 Å². The van der Waals surface area contributed by atoms with Crippen LogP contribution in [0.15, 0.2) is 48.5 Å². The molecule has 0 heterocycles. The van der Waals surface area contributed by atoms with E-state index in [9.17, 15) is 0 Å². The van der Waals surface area contributed by atoms with E-state index in [-0.39, 0.29) is 39.0 Å². The van der Waals surface area contributed by atoms with Gasteiger partial charge in [0.15, 0.2) is 0 Å². The van der Waals surface area contributed by atoms with E-state index in [0.29, 0.717) is 0 Å². The summed E-state index contributed by atoms with van der Waals surface area (Å²) in [6.45, 7) is 8.00. The van der Waals surface area contributed by atoms with Crippen molar-refractivity contribution in [2.75, 3.05) is 0 Å². The van der Waals surface area contributed by atoms with Crippen molar-refractivity contribution in [3.8, 4) is 0 Å². The first-order chi connectivity index (χ1) is 9.78. The van der Waals surface area contributed by atoms with Crippen LogP contribution in [0.5, 0.6) is 0 Å². The zero-order valence-electron chi connectivity index (χ0n) is 14.6. The average molecular weight is 397 g/mol. The van der Waals surface area contributed by atoms with Crippen LogP contribution in [0.3, 0.4) is 0 Å². The second-order valence-electron chi connectivity index (χ2n) is 4.48. The molecule has 0 aliphatic carbocycles. The van der Waals surface area contributed by atoms with E-state index >= 15 is 0 Å². The number of benzene rings is 2. The van der Waals surface area contributed by atoms with Crippen LogP contribution in [0.25, 0.3) is 0 Å². The van der Waals surface area contributed by atoms with Crippen molar-refractivity contribution < 1.29 is 39.0 Å². The maximum Gasteiger partial charge on any atom is 2.00 e. The summed E-state index contributed by atoms with van der Waals surface area (Å²) in [4.78, 5) is 0. The Morgan fingerprint density at radius 3 is 1.27 bits per heavy atom. The molecule has 22 heavy (non-hydrogen) atoms. The van der Waals surface area contributed by atoms with Crippen molar-refractivity contribution in [3.63, 3.8) is 0 Å². The van der Waals surface area contributed by atoms with Gasteiger partial charge in [-0.1, -0.05) is 12.8 Å². The minimum absolute atomic E-state index is 0. The van der Waals surface area contributed by atoms with Crippen molar-refractivity contribution >= 4 is 0 Å². The zero-order valence-corrected chi connectivity index (χ0v) is 20.5. The summed E-state index contributed by atoms with van der Waals surface area (Å²) in [6, 6.07) is 22.5. The summed E-state index contributed by atoms with van der Waals surface area (Å²) in [5, 5.41) is 0. The van der Waals surface area contributed by atoms with Gasteiger partial charge < -0.3 is 12.8 Å². The molecule has 110 valence electrons. The van der Waals surface area contributed by atoms with E-state index in [4.69, 9.17) is 0 Å². The molecule has 0 aliphatic heterocycles. The molecule has 0 bridgehead atoms. The number of aryl methyl sites for hydroxylation is 2. The average Bonchev–Trinajstić information content (AvgIpc) is 2.49. The topological polar surface area (TPSA) is 0 Å². The molecule has 0 radical (unpaired) electrons. The van der Waals surface area contributed by atoms with Crippen LogP contribution in [0.4, 0.5) is 0 Å². The summed E-state index contributed by atoms with van der Waals surface area (Å²) in [5.74, 6) is 0. The Hall–Kier alpha value is -0.313. The maximum atomic E-state index is 3.09. The number of rotatable bonds is 3. The quantitative estimate of drug-likeness (QED) is 0.472. The van der Waals surface area contributed by atoms with Crippen molar-refractivity contribution in [2.45, 2.75) is 40.5 Å². The van der Waals surface area contributed by atoms with Gasteiger partial charge in [-0.25, -0.2) is 0 Å². The predicted molar refractivity (Wildman–Crippen MR) is 89.3 cm³/mol. The van der Waals surface area contributed by atoms with Gasteiger partial charge in [0.1, 0.15) is 0 Å². The summed E-state index contributed by atoms with van der Waals surface area (Å²) in [5.41, 5.74) is 2.69. The van der Waals surface area contributed by atoms with Crippen LogP contribution in [-0.2, 0) is 51.8 Å². The molecule has 0 aliphatic rings. The van der Waals surface area contributed by atoms with Gasteiger partial charge in [-0.3, -0.25) is 0 Å². The monoisotopic (exact) mass is 394 g/mol. The molecule has 0 saturated heterocycles. The zero-order chi connectivity index (χ0) is 15.1. The minimum Gasteiger partial charge on any atom is -0.335 e. The van der Waals surface area contributed by atoms with E-state index in [2.05, 4.69) is 24.3 Å². The Bertz CT molecular complexity index is 357. The summed E-state index contributed by atoms with van der Waals surface area (Å²) < 4.78 is 0. The van der Waals surface area contributed by atoms with Crippen LogP contribution < -0.4 is 0 Å². The number of hydrogen-bond acceptors (Lipinski definition) is 0. The Labute approximate surface area is 163 Å². The van der Waals surface area contributed by atoms with Crippen molar-refractivity contribution in [1.82, 2.24) is 0 Å². The first kappa shape index (κ1) is 26.6. The molecule has 0 saturated carbocycles. The van der Waals surface area contributed by atoms with E-state index in [1.165, 1.54) is 11.1 Å². The van der Waals surface area contributed by atoms with Gasteiger partial charge in [-0.15, -0.1) is 0 Å². The molecule has 0 N–H and O–H groups in total. The standard InChI is InChI=1S/C14H12.2C3H7.2Zn/c1-3-7-13(8-4-1)11-12-14-9-5-2-6-10-14;2*1-3-2;;/h1-3,5,7-10H,11-12H2;2*3H,1-2H3;;/q-2;2*-1;2*+2. The van der Waals surface area contributed by atoms with Gasteiger partial charge in [0.2, 0.25) is 0 Å². The van der Waals surface area contributed by atoms with Crippen molar-refractivity contribution in [1.29, 1.82) is 0 Å². The summed E-state index contributed by atoms with van der Waals surface area (Å²) in [6.07, 6.45) is 6.16. The molecular weight excluding hydrogens is 371 g/mol. The SMILES string of the molecule is C[CH-]C.C[CH-]C.[Zn+2].[Zn+2].[c-]1cccc(CCc2c[c-]ccc2)c1. The van der Waals surface area contributed by atoms with E-state index in [1.54, 1.807) is 0 Å². The Balaban J connectivity index is -0.000000396. The molecule has 0 spiro atoms. The molecule has 0 atom stereocenters. The molecule has 0 nitrogen and oxygen atoms in total. The molecule has 2 rings (SSSR count). The Morgan fingerprint density at radius 1 is 0.727 bits per heavy atom. The fourth-order valence-corrected chi connectivity index (χ4v) is 1.46. The van der Waals surface area contributed by atoms with Gasteiger partial charge in [0.05, 0.1) is 0 Å². The second-order valence-corrected chi connectivity index (χ2v) is 4.48. The van der Waals surface area contributed by atoms with E-state index in [1.807, 2.05) is 76.9 Å². The Morgan fingerprint density at radius 2 is 1.05 bits per heavy atom. The van der Waals surface area contributed by atoms with Gasteiger partial charge in [0, 0.05) is 0 Å². The van der Waals surface area contributed by atoms with Crippen LogP contribution in [0, 0.1) is 25.0 Å². The molecule has 2 aromatic rings. The summed E-state index contributed by atoms with van der Waals surface area (Å²) in [7, 11) is 0. The van der Waals surface area contributed by atoms with Gasteiger partial charge in [-0.05, 0) is 0 Å². The molecule has 2 heteroatoms. The predicted octanol–water partition coefficient (Wildman–Crippen LogP) is 5.53. The number of hydrogen-bond donors (Lipinski definition) is 0. The van der Waals surface area contributed by atoms with Crippen LogP contribution in [0.2, 0.25) is 0 Å². The van der Waals surface area contributed by atoms with Crippen molar-refractivity contribution in [2.24, 2.45) is 0 Å². The smallest absolute Gasteiger partial charge is 0.335 e. The summed E-state index contributed by atoms with van der Waals surface area (Å²) >= 11 is 0. The largest absolute Gasteiger partial charge is 2.00 e. The minimum atomic E-state index is 0.